The van der Waals surface area contributed by atoms with Crippen molar-refractivity contribution in [3.05, 3.63) is 78.4 Å². The first kappa shape index (κ1) is 15.8. The molecule has 4 aromatic rings. The molecular weight excluding hydrogens is 332 g/mol. The van der Waals surface area contributed by atoms with Gasteiger partial charge in [0.1, 0.15) is 5.03 Å². The Morgan fingerprint density at radius 3 is 2.36 bits per heavy atom. The van der Waals surface area contributed by atoms with Crippen molar-refractivity contribution in [1.29, 1.82) is 0 Å². The van der Waals surface area contributed by atoms with Gasteiger partial charge in [-0.25, -0.2) is 0 Å². The lowest BCUT2D eigenvalue weighted by Gasteiger charge is -2.10. The SMILES string of the molecule is OC(CSc1ccc2nnc(-c3ccccc3)n2n1)c1ccccc1. The maximum atomic E-state index is 10.3. The summed E-state index contributed by atoms with van der Waals surface area (Å²) < 4.78 is 1.74. The minimum Gasteiger partial charge on any atom is -0.388 e. The Morgan fingerprint density at radius 2 is 1.60 bits per heavy atom. The second-order valence-electron chi connectivity index (χ2n) is 5.57. The van der Waals surface area contributed by atoms with E-state index in [4.69, 9.17) is 0 Å². The third-order valence-electron chi connectivity index (χ3n) is 3.84. The van der Waals surface area contributed by atoms with Crippen LogP contribution in [0.1, 0.15) is 11.7 Å². The summed E-state index contributed by atoms with van der Waals surface area (Å²) in [6, 6.07) is 23.3. The molecule has 2 heterocycles. The molecule has 1 N–H and O–H groups in total. The van der Waals surface area contributed by atoms with Gasteiger partial charge in [-0.1, -0.05) is 60.7 Å². The summed E-state index contributed by atoms with van der Waals surface area (Å²) in [5, 5.41) is 24.2. The van der Waals surface area contributed by atoms with Gasteiger partial charge in [-0.15, -0.1) is 22.0 Å². The van der Waals surface area contributed by atoms with E-state index in [1.165, 1.54) is 11.8 Å². The molecule has 0 spiro atoms. The van der Waals surface area contributed by atoms with Crippen LogP contribution in [-0.2, 0) is 0 Å². The highest BCUT2D eigenvalue weighted by atomic mass is 32.2. The van der Waals surface area contributed by atoms with Crippen LogP contribution in [0.25, 0.3) is 17.0 Å². The predicted molar refractivity (Wildman–Crippen MR) is 98.3 cm³/mol. The van der Waals surface area contributed by atoms with Crippen LogP contribution in [0.15, 0.2) is 77.8 Å². The molecule has 0 aliphatic carbocycles. The van der Waals surface area contributed by atoms with E-state index < -0.39 is 6.10 Å². The van der Waals surface area contributed by atoms with Gasteiger partial charge in [-0.3, -0.25) is 0 Å². The molecule has 1 atom stereocenters. The fourth-order valence-corrected chi connectivity index (χ4v) is 3.38. The van der Waals surface area contributed by atoms with Gasteiger partial charge in [-0.2, -0.15) is 9.61 Å². The Morgan fingerprint density at radius 1 is 0.880 bits per heavy atom. The van der Waals surface area contributed by atoms with Crippen LogP contribution < -0.4 is 0 Å². The van der Waals surface area contributed by atoms with Crippen LogP contribution in [0.4, 0.5) is 0 Å². The Kier molecular flexibility index (Phi) is 4.45. The highest BCUT2D eigenvalue weighted by Gasteiger charge is 2.12. The van der Waals surface area contributed by atoms with Gasteiger partial charge in [0.25, 0.3) is 0 Å². The monoisotopic (exact) mass is 348 g/mol. The number of aromatic nitrogens is 4. The molecular formula is C19H16N4OS. The fraction of sp³-hybridized carbons (Fsp3) is 0.105. The van der Waals surface area contributed by atoms with Crippen LogP contribution in [0.5, 0.6) is 0 Å². The molecule has 0 radical (unpaired) electrons. The fourth-order valence-electron chi connectivity index (χ4n) is 2.55. The highest BCUT2D eigenvalue weighted by Crippen LogP contribution is 2.24. The van der Waals surface area contributed by atoms with Crippen molar-refractivity contribution < 1.29 is 5.11 Å². The van der Waals surface area contributed by atoms with E-state index in [9.17, 15) is 5.11 Å². The molecule has 5 nitrogen and oxygen atoms in total. The van der Waals surface area contributed by atoms with E-state index in [1.54, 1.807) is 4.52 Å². The Bertz CT molecular complexity index is 973. The topological polar surface area (TPSA) is 63.3 Å². The molecule has 6 heteroatoms. The van der Waals surface area contributed by atoms with Gasteiger partial charge in [-0.05, 0) is 17.7 Å². The van der Waals surface area contributed by atoms with Crippen LogP contribution in [0.3, 0.4) is 0 Å². The number of fused-ring (bicyclic) bond motifs is 1. The van der Waals surface area contributed by atoms with Crippen molar-refractivity contribution in [2.24, 2.45) is 0 Å². The van der Waals surface area contributed by atoms with Crippen molar-refractivity contribution in [2.75, 3.05) is 5.75 Å². The Balaban J connectivity index is 1.57. The number of thioether (sulfide) groups is 1. The predicted octanol–water partition coefficient (Wildman–Crippen LogP) is 3.62. The largest absolute Gasteiger partial charge is 0.388 e. The Labute approximate surface area is 149 Å². The summed E-state index contributed by atoms with van der Waals surface area (Å²) in [6.07, 6.45) is -0.529. The number of hydrogen-bond donors (Lipinski definition) is 1. The lowest BCUT2D eigenvalue weighted by atomic mass is 10.1. The molecule has 1 unspecified atom stereocenters. The number of rotatable bonds is 5. The van der Waals surface area contributed by atoms with Gasteiger partial charge < -0.3 is 5.11 Å². The van der Waals surface area contributed by atoms with Gasteiger partial charge in [0.05, 0.1) is 6.10 Å². The molecule has 0 saturated carbocycles. The zero-order valence-electron chi connectivity index (χ0n) is 13.4. The van der Waals surface area contributed by atoms with Crippen molar-refractivity contribution in [3.8, 4) is 11.4 Å². The smallest absolute Gasteiger partial charge is 0.185 e. The van der Waals surface area contributed by atoms with Gasteiger partial charge in [0, 0.05) is 11.3 Å². The normalized spacial score (nSPS) is 12.4. The number of nitrogens with zero attached hydrogens (tertiary/aromatic N) is 4. The van der Waals surface area contributed by atoms with E-state index in [0.29, 0.717) is 17.2 Å². The van der Waals surface area contributed by atoms with Crippen LogP contribution in [0.2, 0.25) is 0 Å². The first-order chi connectivity index (χ1) is 12.3. The summed E-state index contributed by atoms with van der Waals surface area (Å²) >= 11 is 1.51. The second-order valence-corrected chi connectivity index (χ2v) is 6.61. The maximum absolute atomic E-state index is 10.3. The molecule has 0 aliphatic rings. The zero-order valence-corrected chi connectivity index (χ0v) is 14.2. The summed E-state index contributed by atoms with van der Waals surface area (Å²) in [7, 11) is 0. The number of aliphatic hydroxyl groups excluding tert-OH is 1. The van der Waals surface area contributed by atoms with Gasteiger partial charge in [0.15, 0.2) is 11.5 Å². The number of aliphatic hydroxyl groups is 1. The molecule has 2 aromatic carbocycles. The summed E-state index contributed by atoms with van der Waals surface area (Å²) in [5.74, 6) is 1.24. The van der Waals surface area contributed by atoms with Crippen molar-refractivity contribution in [1.82, 2.24) is 19.8 Å². The summed E-state index contributed by atoms with van der Waals surface area (Å²) in [4.78, 5) is 0. The molecule has 4 rings (SSSR count). The second kappa shape index (κ2) is 7.04. The molecule has 0 amide bonds. The van der Waals surface area contributed by atoms with Crippen LogP contribution in [0, 0.1) is 0 Å². The van der Waals surface area contributed by atoms with Crippen LogP contribution in [-0.4, -0.2) is 30.7 Å². The molecule has 0 aliphatic heterocycles. The first-order valence-electron chi connectivity index (χ1n) is 7.95. The van der Waals surface area contributed by atoms with E-state index in [1.807, 2.05) is 72.8 Å². The standard InChI is InChI=1S/C19H16N4OS/c24-16(14-7-3-1-4-8-14)13-25-18-12-11-17-20-21-19(23(17)22-18)15-9-5-2-6-10-15/h1-12,16,24H,13H2. The lowest BCUT2D eigenvalue weighted by Crippen LogP contribution is -2.02. The molecule has 2 aromatic heterocycles. The number of hydrogen-bond acceptors (Lipinski definition) is 5. The third-order valence-corrected chi connectivity index (χ3v) is 4.84. The molecule has 0 bridgehead atoms. The Hall–Kier alpha value is -2.70. The maximum Gasteiger partial charge on any atom is 0.185 e. The molecule has 25 heavy (non-hydrogen) atoms. The van der Waals surface area contributed by atoms with Crippen molar-refractivity contribution in [3.63, 3.8) is 0 Å². The lowest BCUT2D eigenvalue weighted by molar-refractivity contribution is 0.204. The molecule has 0 saturated heterocycles. The molecule has 0 fully saturated rings. The van der Waals surface area contributed by atoms with E-state index >= 15 is 0 Å². The number of benzene rings is 2. The third kappa shape index (κ3) is 3.40. The summed E-state index contributed by atoms with van der Waals surface area (Å²) in [5.41, 5.74) is 2.58. The van der Waals surface area contributed by atoms with Gasteiger partial charge >= 0.3 is 0 Å². The minimum absolute atomic E-state index is 0.529. The summed E-state index contributed by atoms with van der Waals surface area (Å²) in [6.45, 7) is 0. The zero-order chi connectivity index (χ0) is 17.1. The van der Waals surface area contributed by atoms with Crippen molar-refractivity contribution >= 4 is 17.4 Å². The molecule has 124 valence electrons. The quantitative estimate of drug-likeness (QED) is 0.558. The highest BCUT2D eigenvalue weighted by molar-refractivity contribution is 7.99. The first-order valence-corrected chi connectivity index (χ1v) is 8.93. The van der Waals surface area contributed by atoms with Crippen LogP contribution >= 0.6 is 11.8 Å². The van der Waals surface area contributed by atoms with Crippen molar-refractivity contribution in [2.45, 2.75) is 11.1 Å². The van der Waals surface area contributed by atoms with Gasteiger partial charge in [0.2, 0.25) is 0 Å². The minimum atomic E-state index is -0.529. The average Bonchev–Trinajstić information content (AvgIpc) is 3.10. The average molecular weight is 348 g/mol. The van der Waals surface area contributed by atoms with E-state index in [0.717, 1.165) is 16.2 Å². The van der Waals surface area contributed by atoms with E-state index in [-0.39, 0.29) is 0 Å². The van der Waals surface area contributed by atoms with E-state index in [2.05, 4.69) is 15.3 Å².